The molecule has 4 nitrogen and oxygen atoms in total. The Morgan fingerprint density at radius 1 is 1.50 bits per heavy atom. The summed E-state index contributed by atoms with van der Waals surface area (Å²) in [7, 11) is 1.81. The number of thioether (sulfide) groups is 1. The third kappa shape index (κ3) is 3.82. The summed E-state index contributed by atoms with van der Waals surface area (Å²) in [6.45, 7) is 3.85. The molecule has 0 saturated carbocycles. The normalized spacial score (nSPS) is 19.8. The summed E-state index contributed by atoms with van der Waals surface area (Å²) in [4.78, 5) is 4.31. The molecule has 0 spiro atoms. The maximum absolute atomic E-state index is 5.68. The number of nitrogens with zero attached hydrogens (tertiary/aromatic N) is 1. The Morgan fingerprint density at radius 3 is 3.05 bits per heavy atom. The van der Waals surface area contributed by atoms with Gasteiger partial charge in [-0.05, 0) is 12.3 Å². The smallest absolute Gasteiger partial charge is 0.191 e. The Morgan fingerprint density at radius 2 is 2.30 bits per heavy atom. The Bertz CT molecular complexity index is 464. The fraction of sp³-hybridized carbons (Fsp3) is 0.533. The number of nitrogens with one attached hydrogen (secondary N) is 2. The molecule has 1 aliphatic heterocycles. The lowest BCUT2D eigenvalue weighted by atomic mass is 10.0. The molecule has 0 saturated heterocycles. The van der Waals surface area contributed by atoms with Crippen molar-refractivity contribution in [1.82, 2.24) is 10.6 Å². The van der Waals surface area contributed by atoms with Crippen LogP contribution in [0.1, 0.15) is 24.9 Å². The molecule has 2 rings (SSSR count). The fourth-order valence-corrected chi connectivity index (χ4v) is 2.43. The molecule has 1 aromatic carbocycles. The maximum atomic E-state index is 5.68. The molecule has 0 radical (unpaired) electrons. The van der Waals surface area contributed by atoms with Crippen molar-refractivity contribution >= 4 is 17.7 Å². The van der Waals surface area contributed by atoms with Gasteiger partial charge in [-0.3, -0.25) is 4.99 Å². The first-order chi connectivity index (χ1) is 9.74. The minimum atomic E-state index is 0.260. The van der Waals surface area contributed by atoms with Crippen LogP contribution in [-0.2, 0) is 0 Å². The van der Waals surface area contributed by atoms with Gasteiger partial charge in [0.15, 0.2) is 5.96 Å². The molecular formula is C15H23N3OS. The lowest BCUT2D eigenvalue weighted by molar-refractivity contribution is 0.261. The zero-order valence-corrected chi connectivity index (χ0v) is 13.2. The van der Waals surface area contributed by atoms with E-state index >= 15 is 0 Å². The molecule has 1 aliphatic rings. The van der Waals surface area contributed by atoms with Crippen LogP contribution >= 0.6 is 11.8 Å². The van der Waals surface area contributed by atoms with Crippen LogP contribution in [0.3, 0.4) is 0 Å². The summed E-state index contributed by atoms with van der Waals surface area (Å²) in [5.41, 5.74) is 1.21. The summed E-state index contributed by atoms with van der Waals surface area (Å²) in [6.07, 6.45) is 3.08. The summed E-state index contributed by atoms with van der Waals surface area (Å²) >= 11 is 1.85. The number of para-hydroxylation sites is 1. The molecule has 2 unspecified atom stereocenters. The van der Waals surface area contributed by atoms with Crippen molar-refractivity contribution in [2.75, 3.05) is 26.5 Å². The first-order valence-corrected chi connectivity index (χ1v) is 8.25. The number of fused-ring (bicyclic) bond motifs is 1. The van der Waals surface area contributed by atoms with Crippen molar-refractivity contribution in [3.8, 4) is 5.75 Å². The average molecular weight is 293 g/mol. The van der Waals surface area contributed by atoms with Gasteiger partial charge in [-0.25, -0.2) is 0 Å². The first-order valence-electron chi connectivity index (χ1n) is 6.96. The van der Waals surface area contributed by atoms with E-state index in [1.807, 2.05) is 37.0 Å². The summed E-state index contributed by atoms with van der Waals surface area (Å²) in [5.74, 6) is 1.83. The van der Waals surface area contributed by atoms with Gasteiger partial charge in [0.1, 0.15) is 5.75 Å². The van der Waals surface area contributed by atoms with Crippen LogP contribution in [0.15, 0.2) is 29.3 Å². The minimum Gasteiger partial charge on any atom is -0.493 e. The lowest BCUT2D eigenvalue weighted by Crippen LogP contribution is -2.42. The summed E-state index contributed by atoms with van der Waals surface area (Å²) < 4.78 is 5.68. The van der Waals surface area contributed by atoms with E-state index in [1.165, 1.54) is 5.56 Å². The standard InChI is InChI=1S/C15H23N3OS/c1-11(20-3)10-17-15(16-2)18-13-8-9-19-14-7-5-4-6-12(13)14/h4-7,11,13H,8-10H2,1-3H3,(H2,16,17,18). The molecule has 1 aromatic rings. The van der Waals surface area contributed by atoms with E-state index < -0.39 is 0 Å². The summed E-state index contributed by atoms with van der Waals surface area (Å²) in [6, 6.07) is 8.46. The van der Waals surface area contributed by atoms with Gasteiger partial charge in [-0.2, -0.15) is 11.8 Å². The van der Waals surface area contributed by atoms with Gasteiger partial charge in [-0.1, -0.05) is 25.1 Å². The predicted molar refractivity (Wildman–Crippen MR) is 86.8 cm³/mol. The number of ether oxygens (including phenoxy) is 1. The zero-order chi connectivity index (χ0) is 14.4. The van der Waals surface area contributed by atoms with Crippen molar-refractivity contribution in [3.05, 3.63) is 29.8 Å². The van der Waals surface area contributed by atoms with Crippen molar-refractivity contribution in [3.63, 3.8) is 0 Å². The SMILES string of the molecule is CN=C(NCC(C)SC)NC1CCOc2ccccc21. The Kier molecular flexibility index (Phi) is 5.59. The van der Waals surface area contributed by atoms with E-state index in [4.69, 9.17) is 4.74 Å². The highest BCUT2D eigenvalue weighted by molar-refractivity contribution is 7.99. The first kappa shape index (κ1) is 15.0. The monoisotopic (exact) mass is 293 g/mol. The molecule has 1 heterocycles. The van der Waals surface area contributed by atoms with Crippen LogP contribution in [0.5, 0.6) is 5.75 Å². The van der Waals surface area contributed by atoms with Gasteiger partial charge in [0, 0.05) is 30.8 Å². The van der Waals surface area contributed by atoms with Crippen molar-refractivity contribution < 1.29 is 4.74 Å². The molecule has 0 fully saturated rings. The van der Waals surface area contributed by atoms with Crippen molar-refractivity contribution in [2.45, 2.75) is 24.6 Å². The molecule has 110 valence electrons. The predicted octanol–water partition coefficient (Wildman–Crippen LogP) is 2.43. The van der Waals surface area contributed by atoms with Crippen molar-refractivity contribution in [2.24, 2.45) is 4.99 Å². The fourth-order valence-electron chi connectivity index (χ4n) is 2.18. The van der Waals surface area contributed by atoms with Gasteiger partial charge in [-0.15, -0.1) is 0 Å². The third-order valence-electron chi connectivity index (χ3n) is 3.45. The molecular weight excluding hydrogens is 270 g/mol. The van der Waals surface area contributed by atoms with E-state index in [2.05, 4.69) is 34.9 Å². The molecule has 0 aliphatic carbocycles. The van der Waals surface area contributed by atoms with Gasteiger partial charge in [0.2, 0.25) is 0 Å². The second kappa shape index (κ2) is 7.43. The summed E-state index contributed by atoms with van der Waals surface area (Å²) in [5, 5.41) is 7.43. The Balaban J connectivity index is 1.99. The minimum absolute atomic E-state index is 0.260. The highest BCUT2D eigenvalue weighted by Crippen LogP contribution is 2.31. The average Bonchev–Trinajstić information content (AvgIpc) is 2.51. The van der Waals surface area contributed by atoms with E-state index in [0.29, 0.717) is 5.25 Å². The Labute approximate surface area is 125 Å². The van der Waals surface area contributed by atoms with Gasteiger partial charge in [0.05, 0.1) is 12.6 Å². The van der Waals surface area contributed by atoms with Crippen LogP contribution in [-0.4, -0.2) is 37.7 Å². The van der Waals surface area contributed by atoms with E-state index in [0.717, 1.165) is 31.3 Å². The molecule has 2 atom stereocenters. The van der Waals surface area contributed by atoms with E-state index in [9.17, 15) is 0 Å². The second-order valence-electron chi connectivity index (χ2n) is 4.87. The molecule has 0 amide bonds. The van der Waals surface area contributed by atoms with Crippen LogP contribution in [0.4, 0.5) is 0 Å². The van der Waals surface area contributed by atoms with Gasteiger partial charge in [0.25, 0.3) is 0 Å². The van der Waals surface area contributed by atoms with E-state index in [1.54, 1.807) is 0 Å². The number of guanidine groups is 1. The van der Waals surface area contributed by atoms with Crippen LogP contribution in [0.25, 0.3) is 0 Å². The van der Waals surface area contributed by atoms with Crippen LogP contribution < -0.4 is 15.4 Å². The highest BCUT2D eigenvalue weighted by atomic mass is 32.2. The zero-order valence-electron chi connectivity index (χ0n) is 12.3. The molecule has 0 aromatic heterocycles. The largest absolute Gasteiger partial charge is 0.493 e. The highest BCUT2D eigenvalue weighted by Gasteiger charge is 2.21. The van der Waals surface area contributed by atoms with Crippen molar-refractivity contribution in [1.29, 1.82) is 0 Å². The molecule has 0 bridgehead atoms. The van der Waals surface area contributed by atoms with Gasteiger partial charge >= 0.3 is 0 Å². The van der Waals surface area contributed by atoms with E-state index in [-0.39, 0.29) is 6.04 Å². The van der Waals surface area contributed by atoms with Gasteiger partial charge < -0.3 is 15.4 Å². The second-order valence-corrected chi connectivity index (χ2v) is 6.15. The van der Waals surface area contributed by atoms with Crippen LogP contribution in [0.2, 0.25) is 0 Å². The lowest BCUT2D eigenvalue weighted by Gasteiger charge is -2.28. The third-order valence-corrected chi connectivity index (χ3v) is 4.42. The molecule has 5 heteroatoms. The number of benzene rings is 1. The number of aliphatic imine (C=N–C) groups is 1. The quantitative estimate of drug-likeness (QED) is 0.661. The Hall–Kier alpha value is -1.36. The number of hydrogen-bond acceptors (Lipinski definition) is 3. The van der Waals surface area contributed by atoms with Crippen LogP contribution in [0, 0.1) is 0 Å². The molecule has 20 heavy (non-hydrogen) atoms. The topological polar surface area (TPSA) is 45.7 Å². The number of rotatable bonds is 4. The number of hydrogen-bond donors (Lipinski definition) is 2. The molecule has 2 N–H and O–H groups in total. The maximum Gasteiger partial charge on any atom is 0.191 e.